The maximum Gasteiger partial charge on any atom is 0.0685 e. The van der Waals surface area contributed by atoms with Crippen LogP contribution in [0.25, 0.3) is 0 Å². The molecular weight excluding hydrogens is 290 g/mol. The fraction of sp³-hybridized carbons (Fsp3) is 0.684. The van der Waals surface area contributed by atoms with Crippen molar-refractivity contribution >= 4 is 0 Å². The highest BCUT2D eigenvalue weighted by atomic mass is 16.3. The summed E-state index contributed by atoms with van der Waals surface area (Å²) in [5, 5.41) is 29.6. The first-order valence-corrected chi connectivity index (χ1v) is 8.81. The van der Waals surface area contributed by atoms with Crippen LogP contribution in [0.15, 0.2) is 12.1 Å². The largest absolute Gasteiger partial charge is 0.393 e. The minimum atomic E-state index is -0.250. The van der Waals surface area contributed by atoms with Gasteiger partial charge in [-0.2, -0.15) is 0 Å². The summed E-state index contributed by atoms with van der Waals surface area (Å²) in [5.74, 6) is 0.971. The minimum Gasteiger partial charge on any atom is -0.393 e. The third-order valence-corrected chi connectivity index (χ3v) is 5.52. The van der Waals surface area contributed by atoms with E-state index in [-0.39, 0.29) is 25.4 Å². The molecular formula is C19H29NO3. The predicted octanol–water partition coefficient (Wildman–Crippen LogP) is 2.00. The molecule has 0 aromatic heterocycles. The molecule has 1 unspecified atom stereocenters. The Morgan fingerprint density at radius 3 is 2.52 bits per heavy atom. The molecule has 3 N–H and O–H groups in total. The van der Waals surface area contributed by atoms with Gasteiger partial charge in [0.1, 0.15) is 0 Å². The molecule has 2 aliphatic heterocycles. The molecule has 4 heteroatoms. The second kappa shape index (κ2) is 6.89. The zero-order valence-electron chi connectivity index (χ0n) is 14.2. The molecule has 0 spiro atoms. The van der Waals surface area contributed by atoms with E-state index in [1.54, 1.807) is 0 Å². The second-order valence-corrected chi connectivity index (χ2v) is 7.59. The predicted molar refractivity (Wildman–Crippen MR) is 89.9 cm³/mol. The fourth-order valence-electron chi connectivity index (χ4n) is 4.37. The van der Waals surface area contributed by atoms with E-state index in [1.165, 1.54) is 11.1 Å². The third-order valence-electron chi connectivity index (χ3n) is 5.52. The Labute approximate surface area is 138 Å². The van der Waals surface area contributed by atoms with E-state index in [0.717, 1.165) is 43.5 Å². The number of rotatable bonds is 4. The normalized spacial score (nSPS) is 27.8. The maximum atomic E-state index is 10.6. The highest BCUT2D eigenvalue weighted by Gasteiger charge is 2.38. The van der Waals surface area contributed by atoms with Crippen LogP contribution in [0.5, 0.6) is 0 Å². The summed E-state index contributed by atoms with van der Waals surface area (Å²) in [6, 6.07) is 4.34. The van der Waals surface area contributed by atoms with E-state index < -0.39 is 0 Å². The van der Waals surface area contributed by atoms with Crippen LogP contribution in [-0.4, -0.2) is 39.4 Å². The average molecular weight is 319 g/mol. The van der Waals surface area contributed by atoms with Crippen molar-refractivity contribution in [3.05, 3.63) is 34.4 Å². The number of benzene rings is 1. The monoisotopic (exact) mass is 319 g/mol. The van der Waals surface area contributed by atoms with Gasteiger partial charge >= 0.3 is 0 Å². The Morgan fingerprint density at radius 1 is 1.17 bits per heavy atom. The fourth-order valence-corrected chi connectivity index (χ4v) is 4.37. The van der Waals surface area contributed by atoms with Crippen LogP contribution in [0.4, 0.5) is 0 Å². The Morgan fingerprint density at radius 2 is 1.87 bits per heavy atom. The van der Waals surface area contributed by atoms with E-state index in [0.29, 0.717) is 11.8 Å². The molecule has 0 amide bonds. The van der Waals surface area contributed by atoms with Crippen LogP contribution in [-0.2, 0) is 19.6 Å². The van der Waals surface area contributed by atoms with Crippen molar-refractivity contribution in [2.45, 2.75) is 58.5 Å². The van der Waals surface area contributed by atoms with Crippen molar-refractivity contribution in [2.75, 3.05) is 13.1 Å². The van der Waals surface area contributed by atoms with Crippen LogP contribution in [0.3, 0.4) is 0 Å². The molecule has 128 valence electrons. The first-order chi connectivity index (χ1) is 11.0. The molecule has 0 radical (unpaired) electrons. The van der Waals surface area contributed by atoms with Crippen LogP contribution in [0.1, 0.15) is 55.0 Å². The average Bonchev–Trinajstić information content (AvgIpc) is 2.53. The Balaban J connectivity index is 1.87. The van der Waals surface area contributed by atoms with Gasteiger partial charge in [0.25, 0.3) is 0 Å². The lowest BCUT2D eigenvalue weighted by atomic mass is 9.78. The van der Waals surface area contributed by atoms with E-state index in [4.69, 9.17) is 0 Å². The van der Waals surface area contributed by atoms with Gasteiger partial charge < -0.3 is 15.3 Å². The molecule has 0 bridgehead atoms. The highest BCUT2D eigenvalue weighted by molar-refractivity contribution is 5.41. The highest BCUT2D eigenvalue weighted by Crippen LogP contribution is 2.40. The van der Waals surface area contributed by atoms with Crippen molar-refractivity contribution < 1.29 is 15.3 Å². The number of hydrogen-bond acceptors (Lipinski definition) is 4. The lowest BCUT2D eigenvalue weighted by Gasteiger charge is -2.46. The summed E-state index contributed by atoms with van der Waals surface area (Å²) in [7, 11) is 0. The molecule has 1 saturated heterocycles. The van der Waals surface area contributed by atoms with E-state index in [9.17, 15) is 15.3 Å². The van der Waals surface area contributed by atoms with Crippen molar-refractivity contribution in [3.8, 4) is 0 Å². The molecule has 0 aliphatic carbocycles. The first kappa shape index (κ1) is 16.9. The van der Waals surface area contributed by atoms with Gasteiger partial charge in [-0.3, -0.25) is 4.90 Å². The summed E-state index contributed by atoms with van der Waals surface area (Å²) in [6.07, 6.45) is 2.57. The third kappa shape index (κ3) is 3.31. The lowest BCUT2D eigenvalue weighted by Crippen LogP contribution is -2.48. The summed E-state index contributed by atoms with van der Waals surface area (Å²) in [5.41, 5.74) is 4.14. The van der Waals surface area contributed by atoms with Crippen molar-refractivity contribution in [1.82, 2.24) is 4.90 Å². The SMILES string of the molecule is CC(C)C[C@H]1CN2CCc3cc(CO)c(CO)cc3[C@H]2CC1O. The van der Waals surface area contributed by atoms with Crippen LogP contribution >= 0.6 is 0 Å². The zero-order chi connectivity index (χ0) is 16.6. The van der Waals surface area contributed by atoms with Crippen molar-refractivity contribution in [3.63, 3.8) is 0 Å². The van der Waals surface area contributed by atoms with Crippen molar-refractivity contribution in [2.24, 2.45) is 11.8 Å². The molecule has 1 aromatic rings. The number of nitrogens with zero attached hydrogens (tertiary/aromatic N) is 1. The molecule has 2 heterocycles. The van der Waals surface area contributed by atoms with Gasteiger partial charge in [0.15, 0.2) is 0 Å². The zero-order valence-corrected chi connectivity index (χ0v) is 14.2. The van der Waals surface area contributed by atoms with Gasteiger partial charge in [0.2, 0.25) is 0 Å². The molecule has 3 atom stereocenters. The van der Waals surface area contributed by atoms with Gasteiger partial charge in [0, 0.05) is 19.1 Å². The van der Waals surface area contributed by atoms with Gasteiger partial charge in [-0.15, -0.1) is 0 Å². The molecule has 1 aromatic carbocycles. The Hall–Kier alpha value is -0.940. The Kier molecular flexibility index (Phi) is 5.07. The summed E-state index contributed by atoms with van der Waals surface area (Å²) >= 11 is 0. The summed E-state index contributed by atoms with van der Waals surface area (Å²) in [6.45, 7) is 6.33. The maximum absolute atomic E-state index is 10.6. The minimum absolute atomic E-state index is 0.0311. The number of aliphatic hydroxyl groups is 3. The molecule has 4 nitrogen and oxygen atoms in total. The molecule has 2 aliphatic rings. The topological polar surface area (TPSA) is 63.9 Å². The Bertz CT molecular complexity index is 558. The van der Waals surface area contributed by atoms with Crippen LogP contribution in [0.2, 0.25) is 0 Å². The van der Waals surface area contributed by atoms with E-state index >= 15 is 0 Å². The standard InChI is InChI=1S/C19H29NO3/c1-12(2)5-14-9-20-4-3-13-6-15(10-21)16(11-22)7-17(13)18(20)8-19(14)23/h6-7,12,14,18-19,21-23H,3-5,8-11H2,1-2H3/t14-,18+,19?/m0/s1. The molecule has 3 rings (SSSR count). The van der Waals surface area contributed by atoms with Gasteiger partial charge in [-0.25, -0.2) is 0 Å². The number of aliphatic hydroxyl groups excluding tert-OH is 3. The van der Waals surface area contributed by atoms with Gasteiger partial charge in [0.05, 0.1) is 19.3 Å². The smallest absolute Gasteiger partial charge is 0.0685 e. The number of hydrogen-bond donors (Lipinski definition) is 3. The van der Waals surface area contributed by atoms with Gasteiger partial charge in [-0.05, 0) is 53.4 Å². The van der Waals surface area contributed by atoms with Crippen LogP contribution in [0, 0.1) is 11.8 Å². The number of fused-ring (bicyclic) bond motifs is 3. The molecule has 0 saturated carbocycles. The summed E-state index contributed by atoms with van der Waals surface area (Å²) < 4.78 is 0. The molecule has 1 fully saturated rings. The quantitative estimate of drug-likeness (QED) is 0.794. The van der Waals surface area contributed by atoms with E-state index in [2.05, 4.69) is 18.7 Å². The first-order valence-electron chi connectivity index (χ1n) is 8.81. The van der Waals surface area contributed by atoms with E-state index in [1.807, 2.05) is 12.1 Å². The van der Waals surface area contributed by atoms with Crippen LogP contribution < -0.4 is 0 Å². The van der Waals surface area contributed by atoms with Crippen molar-refractivity contribution in [1.29, 1.82) is 0 Å². The summed E-state index contributed by atoms with van der Waals surface area (Å²) in [4.78, 5) is 2.50. The number of piperidine rings is 1. The lowest BCUT2D eigenvalue weighted by molar-refractivity contribution is -0.0191. The molecule has 23 heavy (non-hydrogen) atoms. The second-order valence-electron chi connectivity index (χ2n) is 7.59. The van der Waals surface area contributed by atoms with Gasteiger partial charge in [-0.1, -0.05) is 26.0 Å².